The summed E-state index contributed by atoms with van der Waals surface area (Å²) in [6.07, 6.45) is 0.225. The Bertz CT molecular complexity index is 549. The summed E-state index contributed by atoms with van der Waals surface area (Å²) in [7, 11) is 0. The maximum Gasteiger partial charge on any atom is 0.124 e. The van der Waals surface area contributed by atoms with Crippen molar-refractivity contribution in [3.05, 3.63) is 52.0 Å². The Morgan fingerprint density at radius 2 is 2.21 bits per heavy atom. The van der Waals surface area contributed by atoms with Crippen LogP contribution in [-0.4, -0.2) is 24.1 Å². The summed E-state index contributed by atoms with van der Waals surface area (Å²) >= 11 is 1.73. The minimum atomic E-state index is -0.211. The normalized spacial score (nSPS) is 16.3. The lowest BCUT2D eigenvalue weighted by Gasteiger charge is -2.39. The van der Waals surface area contributed by atoms with Gasteiger partial charge >= 0.3 is 0 Å². The van der Waals surface area contributed by atoms with Gasteiger partial charge in [0.25, 0.3) is 0 Å². The van der Waals surface area contributed by atoms with Crippen LogP contribution in [0.4, 0.5) is 4.39 Å². The lowest BCUT2D eigenvalue weighted by Crippen LogP contribution is -2.53. The number of halogens is 1. The van der Waals surface area contributed by atoms with Gasteiger partial charge in [-0.1, -0.05) is 0 Å². The van der Waals surface area contributed by atoms with Crippen LogP contribution in [0.1, 0.15) is 11.1 Å². The summed E-state index contributed by atoms with van der Waals surface area (Å²) in [5.41, 5.74) is 2.22. The van der Waals surface area contributed by atoms with Crippen molar-refractivity contribution in [3.63, 3.8) is 0 Å². The van der Waals surface area contributed by atoms with Crippen LogP contribution in [-0.2, 0) is 6.54 Å². The maximum atomic E-state index is 13.0. The molecule has 19 heavy (non-hydrogen) atoms. The molecular weight excluding hydrogens is 261 g/mol. The van der Waals surface area contributed by atoms with Gasteiger partial charge < -0.3 is 4.74 Å². The van der Waals surface area contributed by atoms with Crippen molar-refractivity contribution in [2.75, 3.05) is 13.1 Å². The predicted molar refractivity (Wildman–Crippen MR) is 75.1 cm³/mol. The van der Waals surface area contributed by atoms with Gasteiger partial charge in [-0.2, -0.15) is 11.3 Å². The molecule has 1 aromatic heterocycles. The third-order valence-corrected chi connectivity index (χ3v) is 4.07. The van der Waals surface area contributed by atoms with E-state index in [-0.39, 0.29) is 11.9 Å². The smallest absolute Gasteiger partial charge is 0.124 e. The molecule has 1 aliphatic heterocycles. The van der Waals surface area contributed by atoms with Crippen molar-refractivity contribution in [1.82, 2.24) is 4.90 Å². The van der Waals surface area contributed by atoms with Crippen molar-refractivity contribution < 1.29 is 9.13 Å². The van der Waals surface area contributed by atoms with Gasteiger partial charge in [0, 0.05) is 19.6 Å². The second-order valence-electron chi connectivity index (χ2n) is 4.98. The second kappa shape index (κ2) is 5.31. The van der Waals surface area contributed by atoms with Gasteiger partial charge in [-0.05, 0) is 53.1 Å². The Morgan fingerprint density at radius 1 is 1.37 bits per heavy atom. The standard InChI is InChI=1S/C15H16FNOS/c1-11-6-13(16)2-3-15(11)18-14-8-17(9-14)7-12-4-5-19-10-12/h2-6,10,14H,7-9H2,1H3. The molecule has 1 saturated heterocycles. The third kappa shape index (κ3) is 2.96. The van der Waals surface area contributed by atoms with E-state index >= 15 is 0 Å². The molecule has 0 spiro atoms. The summed E-state index contributed by atoms with van der Waals surface area (Å²) in [5.74, 6) is 0.583. The van der Waals surface area contributed by atoms with Crippen LogP contribution in [0.2, 0.25) is 0 Å². The van der Waals surface area contributed by atoms with Crippen molar-refractivity contribution >= 4 is 11.3 Å². The molecule has 1 fully saturated rings. The molecule has 0 N–H and O–H groups in total. The minimum absolute atomic E-state index is 0.211. The van der Waals surface area contributed by atoms with Gasteiger partial charge in [0.2, 0.25) is 0 Å². The van der Waals surface area contributed by atoms with Crippen molar-refractivity contribution in [2.24, 2.45) is 0 Å². The van der Waals surface area contributed by atoms with Crippen molar-refractivity contribution in [2.45, 2.75) is 19.6 Å². The first-order chi connectivity index (χ1) is 9.20. The van der Waals surface area contributed by atoms with E-state index in [9.17, 15) is 4.39 Å². The third-order valence-electron chi connectivity index (χ3n) is 3.34. The molecule has 0 unspecified atom stereocenters. The first kappa shape index (κ1) is 12.6. The van der Waals surface area contributed by atoms with Crippen molar-refractivity contribution in [1.29, 1.82) is 0 Å². The van der Waals surface area contributed by atoms with E-state index in [1.165, 1.54) is 17.7 Å². The van der Waals surface area contributed by atoms with Crippen LogP contribution in [0.3, 0.4) is 0 Å². The van der Waals surface area contributed by atoms with Gasteiger partial charge in [-0.15, -0.1) is 0 Å². The fourth-order valence-electron chi connectivity index (χ4n) is 2.29. The van der Waals surface area contributed by atoms with Gasteiger partial charge in [0.15, 0.2) is 0 Å². The van der Waals surface area contributed by atoms with Crippen LogP contribution >= 0.6 is 11.3 Å². The van der Waals surface area contributed by atoms with E-state index in [2.05, 4.69) is 21.7 Å². The number of hydrogen-bond donors (Lipinski definition) is 0. The minimum Gasteiger partial charge on any atom is -0.487 e. The van der Waals surface area contributed by atoms with Crippen LogP contribution in [0.25, 0.3) is 0 Å². The number of nitrogens with zero attached hydrogens (tertiary/aromatic N) is 1. The number of benzene rings is 1. The topological polar surface area (TPSA) is 12.5 Å². The van der Waals surface area contributed by atoms with E-state index in [1.807, 2.05) is 6.92 Å². The number of ether oxygens (including phenoxy) is 1. The molecule has 0 amide bonds. The van der Waals surface area contributed by atoms with Crippen LogP contribution in [0.5, 0.6) is 5.75 Å². The van der Waals surface area contributed by atoms with Crippen molar-refractivity contribution in [3.8, 4) is 5.75 Å². The molecule has 2 nitrogen and oxygen atoms in total. The fraction of sp³-hybridized carbons (Fsp3) is 0.333. The zero-order valence-electron chi connectivity index (χ0n) is 10.8. The molecule has 4 heteroatoms. The highest BCUT2D eigenvalue weighted by molar-refractivity contribution is 7.07. The molecule has 2 heterocycles. The van der Waals surface area contributed by atoms with E-state index in [0.717, 1.165) is 30.9 Å². The van der Waals surface area contributed by atoms with Crippen LogP contribution in [0.15, 0.2) is 35.0 Å². The quantitative estimate of drug-likeness (QED) is 0.848. The molecule has 2 aromatic rings. The van der Waals surface area contributed by atoms with Gasteiger partial charge in [-0.3, -0.25) is 4.90 Å². The average molecular weight is 277 g/mol. The van der Waals surface area contributed by atoms with Gasteiger partial charge in [0.05, 0.1) is 0 Å². The molecule has 0 saturated carbocycles. The van der Waals surface area contributed by atoms with Crippen LogP contribution < -0.4 is 4.74 Å². The SMILES string of the molecule is Cc1cc(F)ccc1OC1CN(Cc2ccsc2)C1. The zero-order valence-corrected chi connectivity index (χ0v) is 11.6. The Hall–Kier alpha value is -1.39. The summed E-state index contributed by atoms with van der Waals surface area (Å²) in [6, 6.07) is 6.83. The highest BCUT2D eigenvalue weighted by Gasteiger charge is 2.28. The summed E-state index contributed by atoms with van der Waals surface area (Å²) in [6.45, 7) is 4.74. The summed E-state index contributed by atoms with van der Waals surface area (Å²) in [4.78, 5) is 2.35. The molecule has 1 aliphatic rings. The van der Waals surface area contributed by atoms with Gasteiger partial charge in [-0.25, -0.2) is 4.39 Å². The maximum absolute atomic E-state index is 13.0. The zero-order chi connectivity index (χ0) is 13.2. The highest BCUT2D eigenvalue weighted by Crippen LogP contribution is 2.24. The van der Waals surface area contributed by atoms with E-state index < -0.39 is 0 Å². The average Bonchev–Trinajstić information content (AvgIpc) is 2.82. The number of thiophene rings is 1. The first-order valence-corrected chi connectivity index (χ1v) is 7.31. The van der Waals surface area contributed by atoms with E-state index in [0.29, 0.717) is 0 Å². The monoisotopic (exact) mass is 277 g/mol. The molecule has 1 aromatic carbocycles. The second-order valence-corrected chi connectivity index (χ2v) is 5.76. The summed E-state index contributed by atoms with van der Waals surface area (Å²) in [5, 5.41) is 4.28. The Balaban J connectivity index is 1.51. The number of hydrogen-bond acceptors (Lipinski definition) is 3. The number of likely N-dealkylation sites (tertiary alicyclic amines) is 1. The molecule has 0 radical (unpaired) electrons. The van der Waals surface area contributed by atoms with Gasteiger partial charge in [0.1, 0.15) is 17.7 Å². The fourth-order valence-corrected chi connectivity index (χ4v) is 2.95. The summed E-state index contributed by atoms with van der Waals surface area (Å²) < 4.78 is 18.9. The molecule has 100 valence electrons. The lowest BCUT2D eigenvalue weighted by molar-refractivity contribution is 0.0142. The van der Waals surface area contributed by atoms with Crippen LogP contribution in [0, 0.1) is 12.7 Å². The highest BCUT2D eigenvalue weighted by atomic mass is 32.1. The number of aryl methyl sites for hydroxylation is 1. The molecular formula is C15H16FNOS. The molecule has 3 rings (SSSR count). The molecule has 0 bridgehead atoms. The Labute approximate surface area is 116 Å². The molecule has 0 aliphatic carbocycles. The molecule has 0 atom stereocenters. The Kier molecular flexibility index (Phi) is 3.53. The Morgan fingerprint density at radius 3 is 2.89 bits per heavy atom. The predicted octanol–water partition coefficient (Wildman–Crippen LogP) is 3.46. The number of rotatable bonds is 4. The first-order valence-electron chi connectivity index (χ1n) is 6.37. The van der Waals surface area contributed by atoms with E-state index in [4.69, 9.17) is 4.74 Å². The lowest BCUT2D eigenvalue weighted by atomic mass is 10.1. The largest absolute Gasteiger partial charge is 0.487 e. The van der Waals surface area contributed by atoms with E-state index in [1.54, 1.807) is 17.4 Å².